The van der Waals surface area contributed by atoms with Crippen LogP contribution in [0.5, 0.6) is 0 Å². The minimum Gasteiger partial charge on any atom is -0.357 e. The highest BCUT2D eigenvalue weighted by Crippen LogP contribution is 2.39. The van der Waals surface area contributed by atoms with Crippen molar-refractivity contribution in [2.45, 2.75) is 38.5 Å². The maximum atomic E-state index is 13.8. The first-order chi connectivity index (χ1) is 17.2. The summed E-state index contributed by atoms with van der Waals surface area (Å²) in [4.78, 5) is 33.5. The zero-order valence-corrected chi connectivity index (χ0v) is 20.7. The molecule has 0 bridgehead atoms. The van der Waals surface area contributed by atoms with Crippen LogP contribution in [0.4, 0.5) is 17.5 Å². The average molecular weight is 491 g/mol. The maximum Gasteiger partial charge on any atom is 0.230 e. The Morgan fingerprint density at radius 1 is 0.971 bits per heavy atom. The fourth-order valence-corrected chi connectivity index (χ4v) is 5.85. The number of piperidine rings is 2. The van der Waals surface area contributed by atoms with E-state index in [4.69, 9.17) is 16.6 Å². The lowest BCUT2D eigenvalue weighted by Gasteiger charge is -2.35. The number of H-pyrrole nitrogens is 1. The highest BCUT2D eigenvalue weighted by molar-refractivity contribution is 6.31. The molecule has 0 aliphatic carbocycles. The number of carbonyl (C=O) groups is 1. The predicted octanol–water partition coefficient (Wildman–Crippen LogP) is 4.92. The molecule has 0 radical (unpaired) electrons. The Balaban J connectivity index is 1.25. The van der Waals surface area contributed by atoms with Gasteiger partial charge in [0.1, 0.15) is 5.82 Å². The number of nitrogens with one attached hydrogen (secondary N) is 1. The van der Waals surface area contributed by atoms with E-state index in [0.29, 0.717) is 11.6 Å². The van der Waals surface area contributed by atoms with E-state index in [9.17, 15) is 4.79 Å². The molecule has 0 saturated carbocycles. The van der Waals surface area contributed by atoms with Crippen LogP contribution in [0.3, 0.4) is 0 Å². The number of rotatable bonds is 3. The zero-order chi connectivity index (χ0) is 23.8. The van der Waals surface area contributed by atoms with E-state index in [1.165, 1.54) is 19.3 Å². The molecule has 5 heterocycles. The third-order valence-electron chi connectivity index (χ3n) is 7.60. The molecule has 3 aliphatic heterocycles. The quantitative estimate of drug-likeness (QED) is 0.564. The largest absolute Gasteiger partial charge is 0.357 e. The first-order valence-electron chi connectivity index (χ1n) is 12.8. The molecule has 2 aromatic heterocycles. The molecule has 2 fully saturated rings. The molecule has 3 aromatic rings. The number of carbonyl (C=O) groups excluding carboxylic acids is 1. The van der Waals surface area contributed by atoms with Crippen molar-refractivity contribution in [3.8, 4) is 11.3 Å². The second-order valence-corrected chi connectivity index (χ2v) is 10.2. The van der Waals surface area contributed by atoms with E-state index in [-0.39, 0.29) is 11.8 Å². The van der Waals surface area contributed by atoms with Crippen LogP contribution >= 0.6 is 11.6 Å². The van der Waals surface area contributed by atoms with E-state index in [1.54, 1.807) is 0 Å². The topological polar surface area (TPSA) is 68.4 Å². The number of aromatic nitrogens is 3. The van der Waals surface area contributed by atoms with Crippen molar-refractivity contribution in [1.29, 1.82) is 0 Å². The number of fused-ring (bicyclic) bond motifs is 3. The van der Waals surface area contributed by atoms with Crippen molar-refractivity contribution in [3.05, 3.63) is 53.3 Å². The van der Waals surface area contributed by atoms with Gasteiger partial charge in [0, 0.05) is 61.8 Å². The fourth-order valence-electron chi connectivity index (χ4n) is 5.68. The Morgan fingerprint density at radius 2 is 1.80 bits per heavy atom. The smallest absolute Gasteiger partial charge is 0.230 e. The Morgan fingerprint density at radius 3 is 2.57 bits per heavy atom. The van der Waals surface area contributed by atoms with Crippen molar-refractivity contribution in [1.82, 2.24) is 15.0 Å². The van der Waals surface area contributed by atoms with E-state index >= 15 is 0 Å². The van der Waals surface area contributed by atoms with E-state index in [2.05, 4.69) is 19.8 Å². The second kappa shape index (κ2) is 9.53. The number of imidazole rings is 1. The van der Waals surface area contributed by atoms with Crippen LogP contribution < -0.4 is 14.7 Å². The summed E-state index contributed by atoms with van der Waals surface area (Å²) in [6.45, 7) is 4.39. The molecule has 1 aromatic carbocycles. The molecule has 0 unspecified atom stereocenters. The molecule has 6 rings (SSSR count). The number of hydrogen-bond acceptors (Lipinski definition) is 5. The fraction of sp³-hybridized carbons (Fsp3) is 0.444. The summed E-state index contributed by atoms with van der Waals surface area (Å²) < 4.78 is 0. The van der Waals surface area contributed by atoms with Crippen LogP contribution in [-0.4, -0.2) is 53.6 Å². The maximum absolute atomic E-state index is 13.8. The number of nitrogens with zero attached hydrogens (tertiary/aromatic N) is 5. The van der Waals surface area contributed by atoms with E-state index in [1.807, 2.05) is 47.5 Å². The summed E-state index contributed by atoms with van der Waals surface area (Å²) in [6, 6.07) is 11.8. The third kappa shape index (κ3) is 4.38. The van der Waals surface area contributed by atoms with Gasteiger partial charge in [-0.3, -0.25) is 4.79 Å². The van der Waals surface area contributed by atoms with Gasteiger partial charge in [-0.15, -0.1) is 0 Å². The summed E-state index contributed by atoms with van der Waals surface area (Å²) >= 11 is 6.44. The number of hydrogen-bond donors (Lipinski definition) is 1. The molecule has 8 heteroatoms. The van der Waals surface area contributed by atoms with Crippen LogP contribution in [0, 0.1) is 5.92 Å². The number of anilines is 3. The summed E-state index contributed by atoms with van der Waals surface area (Å²) in [6.07, 6.45) is 7.91. The molecule has 3 aliphatic rings. The van der Waals surface area contributed by atoms with E-state index in [0.717, 1.165) is 79.8 Å². The number of pyridine rings is 1. The van der Waals surface area contributed by atoms with Gasteiger partial charge in [0.25, 0.3) is 0 Å². The number of amides is 1. The van der Waals surface area contributed by atoms with Crippen LogP contribution in [0.25, 0.3) is 11.3 Å². The standard InChI is InChI=1S/C27H31ClN6O/c28-20-7-8-23-21(18-20)25-22(30-27(31-25)33-13-4-1-5-14-33)11-17-34(23)26(35)19-9-15-32(16-10-19)24-6-2-3-12-29-24/h2-3,6-8,12,18-19H,1,4-5,9-11,13-17H2,(H,30,31). The summed E-state index contributed by atoms with van der Waals surface area (Å²) in [5, 5.41) is 0.668. The third-order valence-corrected chi connectivity index (χ3v) is 7.83. The Kier molecular flexibility index (Phi) is 6.10. The van der Waals surface area contributed by atoms with Gasteiger partial charge in [-0.1, -0.05) is 17.7 Å². The van der Waals surface area contributed by atoms with Gasteiger partial charge in [-0.25, -0.2) is 9.97 Å². The van der Waals surface area contributed by atoms with Gasteiger partial charge in [-0.2, -0.15) is 0 Å². The number of aromatic amines is 1. The molecule has 0 spiro atoms. The summed E-state index contributed by atoms with van der Waals surface area (Å²) in [7, 11) is 0. The van der Waals surface area contributed by atoms with Gasteiger partial charge >= 0.3 is 0 Å². The Labute approximate surface area is 211 Å². The molecule has 2 saturated heterocycles. The van der Waals surface area contributed by atoms with Gasteiger partial charge in [0.15, 0.2) is 0 Å². The lowest BCUT2D eigenvalue weighted by atomic mass is 9.94. The zero-order valence-electron chi connectivity index (χ0n) is 19.9. The highest BCUT2D eigenvalue weighted by Gasteiger charge is 2.33. The molecule has 35 heavy (non-hydrogen) atoms. The summed E-state index contributed by atoms with van der Waals surface area (Å²) in [5.41, 5.74) is 3.93. The van der Waals surface area contributed by atoms with Crippen molar-refractivity contribution in [2.75, 3.05) is 47.4 Å². The molecule has 1 amide bonds. The summed E-state index contributed by atoms with van der Waals surface area (Å²) in [5.74, 6) is 2.15. The monoisotopic (exact) mass is 490 g/mol. The van der Waals surface area contributed by atoms with Gasteiger partial charge < -0.3 is 19.7 Å². The first kappa shape index (κ1) is 22.4. The molecular formula is C27H31ClN6O. The number of benzene rings is 1. The molecule has 0 atom stereocenters. The molecular weight excluding hydrogens is 460 g/mol. The minimum absolute atomic E-state index is 0.00630. The Hall–Kier alpha value is -3.06. The van der Waals surface area contributed by atoms with Crippen LogP contribution in [-0.2, 0) is 11.2 Å². The predicted molar refractivity (Wildman–Crippen MR) is 140 cm³/mol. The average Bonchev–Trinajstić information content (AvgIpc) is 3.28. The normalized spacial score (nSPS) is 18.7. The minimum atomic E-state index is 0.00630. The van der Waals surface area contributed by atoms with Crippen LogP contribution in [0.2, 0.25) is 5.02 Å². The van der Waals surface area contributed by atoms with Crippen molar-refractivity contribution in [3.63, 3.8) is 0 Å². The lowest BCUT2D eigenvalue weighted by Crippen LogP contribution is -2.43. The highest BCUT2D eigenvalue weighted by atomic mass is 35.5. The van der Waals surface area contributed by atoms with Crippen molar-refractivity contribution >= 4 is 35.0 Å². The van der Waals surface area contributed by atoms with Crippen molar-refractivity contribution in [2.24, 2.45) is 5.92 Å². The van der Waals surface area contributed by atoms with Gasteiger partial charge in [0.2, 0.25) is 11.9 Å². The second-order valence-electron chi connectivity index (χ2n) is 9.78. The van der Waals surface area contributed by atoms with Crippen molar-refractivity contribution < 1.29 is 4.79 Å². The SMILES string of the molecule is O=C(C1CCN(c2ccccn2)CC1)N1CCc2nc(N3CCCCC3)[nH]c2-c2cc(Cl)ccc21. The molecule has 7 nitrogen and oxygen atoms in total. The lowest BCUT2D eigenvalue weighted by molar-refractivity contribution is -0.123. The van der Waals surface area contributed by atoms with Crippen LogP contribution in [0.1, 0.15) is 37.8 Å². The van der Waals surface area contributed by atoms with Gasteiger partial charge in [-0.05, 0) is 62.4 Å². The number of halogens is 1. The Bertz CT molecular complexity index is 1200. The van der Waals surface area contributed by atoms with E-state index < -0.39 is 0 Å². The van der Waals surface area contributed by atoms with Crippen LogP contribution in [0.15, 0.2) is 42.6 Å². The van der Waals surface area contributed by atoms with Gasteiger partial charge in [0.05, 0.1) is 17.1 Å². The first-order valence-corrected chi connectivity index (χ1v) is 13.2. The molecule has 1 N–H and O–H groups in total. The molecule has 182 valence electrons.